The first-order chi connectivity index (χ1) is 14.3. The molecule has 31 heavy (non-hydrogen) atoms. The first-order valence-corrected chi connectivity index (χ1v) is 10.1. The fourth-order valence-corrected chi connectivity index (χ4v) is 3.25. The van der Waals surface area contributed by atoms with E-state index in [1.54, 1.807) is 19.1 Å². The molecular formula is C22H22F4O4S. The molecule has 0 unspecified atom stereocenters. The van der Waals surface area contributed by atoms with Crippen LogP contribution >= 0.6 is 11.8 Å². The number of benzene rings is 2. The van der Waals surface area contributed by atoms with Crippen LogP contribution in [0.15, 0.2) is 53.4 Å². The molecule has 2 aromatic rings. The Bertz CT molecular complexity index is 970. The zero-order valence-electron chi connectivity index (χ0n) is 17.2. The fraction of sp³-hybridized carbons (Fsp3) is 0.318. The number of halogens is 4. The molecule has 4 nitrogen and oxygen atoms in total. The monoisotopic (exact) mass is 458 g/mol. The second-order valence-corrected chi connectivity index (χ2v) is 8.36. The highest BCUT2D eigenvalue weighted by Crippen LogP contribution is 2.33. The van der Waals surface area contributed by atoms with Gasteiger partial charge in [-0.2, -0.15) is 13.2 Å². The molecule has 2 rings (SSSR count). The van der Waals surface area contributed by atoms with Crippen LogP contribution in [0.25, 0.3) is 0 Å². The van der Waals surface area contributed by atoms with Crippen molar-refractivity contribution in [1.29, 1.82) is 0 Å². The van der Waals surface area contributed by atoms with E-state index in [1.807, 2.05) is 6.07 Å². The number of hydrogen-bond acceptors (Lipinski definition) is 4. The van der Waals surface area contributed by atoms with E-state index in [9.17, 15) is 22.4 Å². The molecular weight excluding hydrogens is 436 g/mol. The highest BCUT2D eigenvalue weighted by atomic mass is 32.2. The molecule has 1 N–H and O–H groups in total. The minimum absolute atomic E-state index is 0.0185. The molecule has 0 aromatic heterocycles. The van der Waals surface area contributed by atoms with Crippen LogP contribution in [0.5, 0.6) is 11.5 Å². The molecule has 0 aliphatic carbocycles. The zero-order chi connectivity index (χ0) is 23.4. The van der Waals surface area contributed by atoms with Crippen LogP contribution < -0.4 is 9.47 Å². The van der Waals surface area contributed by atoms with E-state index in [-0.39, 0.29) is 12.4 Å². The molecule has 0 amide bonds. The Morgan fingerprint density at radius 3 is 2.39 bits per heavy atom. The van der Waals surface area contributed by atoms with Crippen LogP contribution in [0.4, 0.5) is 17.6 Å². The Hall–Kier alpha value is -2.68. The van der Waals surface area contributed by atoms with E-state index < -0.39 is 29.1 Å². The summed E-state index contributed by atoms with van der Waals surface area (Å²) in [5, 5.41) is 9.17. The second kappa shape index (κ2) is 9.64. The van der Waals surface area contributed by atoms with E-state index in [0.29, 0.717) is 29.2 Å². The third-order valence-electron chi connectivity index (χ3n) is 4.16. The van der Waals surface area contributed by atoms with Crippen LogP contribution in [0.1, 0.15) is 25.0 Å². The third-order valence-corrected chi connectivity index (χ3v) is 5.30. The summed E-state index contributed by atoms with van der Waals surface area (Å²) in [6, 6.07) is 7.71. The van der Waals surface area contributed by atoms with Crippen LogP contribution in [0.2, 0.25) is 0 Å². The lowest BCUT2D eigenvalue weighted by molar-refractivity contribution is -0.152. The van der Waals surface area contributed by atoms with E-state index in [0.717, 1.165) is 16.5 Å². The number of alkyl halides is 3. The van der Waals surface area contributed by atoms with Crippen molar-refractivity contribution in [2.45, 2.75) is 37.4 Å². The van der Waals surface area contributed by atoms with Crippen molar-refractivity contribution in [2.24, 2.45) is 0 Å². The molecule has 168 valence electrons. The maximum Gasteiger partial charge on any atom is 0.419 e. The van der Waals surface area contributed by atoms with Crippen molar-refractivity contribution in [3.05, 3.63) is 65.5 Å². The van der Waals surface area contributed by atoms with Gasteiger partial charge in [-0.1, -0.05) is 6.58 Å². The van der Waals surface area contributed by atoms with Gasteiger partial charge in [0.25, 0.3) is 0 Å². The van der Waals surface area contributed by atoms with Gasteiger partial charge in [0.1, 0.15) is 23.9 Å². The largest absolute Gasteiger partial charge is 0.489 e. The Labute approximate surface area is 181 Å². The number of aliphatic carboxylic acids is 1. The van der Waals surface area contributed by atoms with E-state index in [4.69, 9.17) is 14.6 Å². The molecule has 0 saturated carbocycles. The smallest absolute Gasteiger partial charge is 0.419 e. The lowest BCUT2D eigenvalue weighted by Crippen LogP contribution is -2.38. The van der Waals surface area contributed by atoms with Crippen LogP contribution in [0.3, 0.4) is 0 Å². The first kappa shape index (κ1) is 24.6. The summed E-state index contributed by atoms with van der Waals surface area (Å²) in [5.74, 6) is -1.56. The van der Waals surface area contributed by atoms with Gasteiger partial charge >= 0.3 is 12.1 Å². The van der Waals surface area contributed by atoms with Gasteiger partial charge in [0.15, 0.2) is 5.60 Å². The van der Waals surface area contributed by atoms with E-state index in [1.165, 1.54) is 25.6 Å². The molecule has 0 fully saturated rings. The molecule has 0 saturated heterocycles. The molecule has 0 atom stereocenters. The summed E-state index contributed by atoms with van der Waals surface area (Å²) in [4.78, 5) is 12.1. The number of ether oxygens (including phenoxy) is 2. The predicted molar refractivity (Wildman–Crippen MR) is 110 cm³/mol. The fourth-order valence-electron chi connectivity index (χ4n) is 2.37. The Morgan fingerprint density at radius 2 is 1.84 bits per heavy atom. The molecule has 0 spiro atoms. The van der Waals surface area contributed by atoms with Gasteiger partial charge in [-0.05, 0) is 62.2 Å². The molecule has 0 aliphatic heterocycles. The molecule has 0 heterocycles. The van der Waals surface area contributed by atoms with E-state index >= 15 is 0 Å². The van der Waals surface area contributed by atoms with Crippen LogP contribution in [0, 0.1) is 12.7 Å². The maximum atomic E-state index is 13.6. The van der Waals surface area contributed by atoms with Crippen LogP contribution in [-0.2, 0) is 11.0 Å². The summed E-state index contributed by atoms with van der Waals surface area (Å²) in [7, 11) is 0. The summed E-state index contributed by atoms with van der Waals surface area (Å²) in [5.41, 5.74) is -1.29. The number of carboxylic acid groups (broad SMARTS) is 1. The standard InChI is InChI=1S/C22H22F4O4S/c1-13(11-29-15-5-7-17(18(23)10-15)22(24,25)26)12-31-16-6-8-19(14(2)9-16)30-21(3,4)20(27)28/h5-10H,1,11-12H2,2-4H3,(H,27,28). The summed E-state index contributed by atoms with van der Waals surface area (Å²) in [6.45, 7) is 8.61. The average molecular weight is 458 g/mol. The number of carboxylic acids is 1. The molecule has 0 radical (unpaired) electrons. The quantitative estimate of drug-likeness (QED) is 0.279. The van der Waals surface area contributed by atoms with Crippen molar-refractivity contribution in [3.8, 4) is 11.5 Å². The van der Waals surface area contributed by atoms with Gasteiger partial charge in [-0.15, -0.1) is 11.8 Å². The van der Waals surface area contributed by atoms with Gasteiger partial charge in [0.05, 0.1) is 5.56 Å². The van der Waals surface area contributed by atoms with Crippen molar-refractivity contribution in [2.75, 3.05) is 12.4 Å². The van der Waals surface area contributed by atoms with Gasteiger partial charge < -0.3 is 14.6 Å². The third kappa shape index (κ3) is 6.92. The number of carbonyl (C=O) groups is 1. The van der Waals surface area contributed by atoms with Crippen LogP contribution in [-0.4, -0.2) is 29.0 Å². The SMILES string of the molecule is C=C(COc1ccc(C(F)(F)F)c(F)c1)CSc1ccc(OC(C)(C)C(=O)O)c(C)c1. The Balaban J connectivity index is 1.90. The Morgan fingerprint density at radius 1 is 1.16 bits per heavy atom. The highest BCUT2D eigenvalue weighted by molar-refractivity contribution is 7.99. The topological polar surface area (TPSA) is 55.8 Å². The molecule has 0 bridgehead atoms. The summed E-state index contributed by atoms with van der Waals surface area (Å²) >= 11 is 1.45. The van der Waals surface area contributed by atoms with Crippen molar-refractivity contribution in [1.82, 2.24) is 0 Å². The summed E-state index contributed by atoms with van der Waals surface area (Å²) in [6.07, 6.45) is -4.76. The number of rotatable bonds is 9. The lowest BCUT2D eigenvalue weighted by atomic mass is 10.1. The van der Waals surface area contributed by atoms with Gasteiger partial charge in [0, 0.05) is 16.7 Å². The van der Waals surface area contributed by atoms with Crippen molar-refractivity contribution < 1.29 is 36.9 Å². The predicted octanol–water partition coefficient (Wildman–Crippen LogP) is 6.12. The minimum Gasteiger partial charge on any atom is -0.489 e. The molecule has 0 aliphatic rings. The Kier molecular flexibility index (Phi) is 7.64. The molecule has 2 aromatic carbocycles. The average Bonchev–Trinajstić information content (AvgIpc) is 2.65. The normalized spacial score (nSPS) is 11.8. The lowest BCUT2D eigenvalue weighted by Gasteiger charge is -2.23. The van der Waals surface area contributed by atoms with E-state index in [2.05, 4.69) is 6.58 Å². The number of hydrogen-bond donors (Lipinski definition) is 1. The number of aryl methyl sites for hydroxylation is 1. The van der Waals surface area contributed by atoms with Gasteiger partial charge in [0.2, 0.25) is 0 Å². The van der Waals surface area contributed by atoms with Crippen molar-refractivity contribution in [3.63, 3.8) is 0 Å². The second-order valence-electron chi connectivity index (χ2n) is 7.31. The molecule has 9 heteroatoms. The number of thioether (sulfide) groups is 1. The highest BCUT2D eigenvalue weighted by Gasteiger charge is 2.34. The summed E-state index contributed by atoms with van der Waals surface area (Å²) < 4.78 is 62.3. The van der Waals surface area contributed by atoms with Gasteiger partial charge in [-0.25, -0.2) is 9.18 Å². The van der Waals surface area contributed by atoms with Crippen molar-refractivity contribution >= 4 is 17.7 Å². The first-order valence-electron chi connectivity index (χ1n) is 9.11. The maximum absolute atomic E-state index is 13.6. The van der Waals surface area contributed by atoms with Gasteiger partial charge in [-0.3, -0.25) is 0 Å². The minimum atomic E-state index is -4.76. The zero-order valence-corrected chi connectivity index (χ0v) is 18.0.